The van der Waals surface area contributed by atoms with Crippen LogP contribution >= 0.6 is 15.9 Å². The third kappa shape index (κ3) is 8.78. The number of nitriles is 1. The summed E-state index contributed by atoms with van der Waals surface area (Å²) in [5.41, 5.74) is 0.475. The minimum Gasteiger partial charge on any atom is -0.477 e. The second-order valence-corrected chi connectivity index (χ2v) is 15.2. The van der Waals surface area contributed by atoms with E-state index in [1.54, 1.807) is 29.7 Å². The van der Waals surface area contributed by atoms with Gasteiger partial charge in [0, 0.05) is 68.1 Å². The van der Waals surface area contributed by atoms with Crippen LogP contribution in [0.5, 0.6) is 5.75 Å². The maximum Gasteiger partial charge on any atom is 0.410 e. The lowest BCUT2D eigenvalue weighted by Crippen LogP contribution is -2.57. The molecule has 0 aromatic heterocycles. The molecular formula is C36H46BrN5O5. The van der Waals surface area contributed by atoms with Crippen molar-refractivity contribution in [1.29, 1.82) is 5.26 Å². The van der Waals surface area contributed by atoms with E-state index in [1.165, 1.54) is 0 Å². The second kappa shape index (κ2) is 14.1. The van der Waals surface area contributed by atoms with Crippen molar-refractivity contribution < 1.29 is 23.9 Å². The number of nitrogens with zero attached hydrogens (tertiary/aromatic N) is 5. The monoisotopic (exact) mass is 707 g/mol. The highest BCUT2D eigenvalue weighted by Gasteiger charge is 2.39. The number of piperidine rings is 1. The molecule has 3 amide bonds. The summed E-state index contributed by atoms with van der Waals surface area (Å²) in [4.78, 5) is 47.6. The van der Waals surface area contributed by atoms with Gasteiger partial charge in [0.05, 0.1) is 11.5 Å². The molecule has 2 aliphatic heterocycles. The van der Waals surface area contributed by atoms with Crippen LogP contribution in [-0.2, 0) is 20.9 Å². The van der Waals surface area contributed by atoms with E-state index >= 15 is 0 Å². The molecule has 2 aromatic carbocycles. The predicted molar refractivity (Wildman–Crippen MR) is 183 cm³/mol. The Labute approximate surface area is 286 Å². The van der Waals surface area contributed by atoms with Gasteiger partial charge >= 0.3 is 6.09 Å². The first-order chi connectivity index (χ1) is 22.2. The summed E-state index contributed by atoms with van der Waals surface area (Å²) < 4.78 is 12.8. The number of rotatable bonds is 8. The van der Waals surface area contributed by atoms with Crippen LogP contribution in [0.1, 0.15) is 71.4 Å². The molecule has 10 nitrogen and oxygen atoms in total. The van der Waals surface area contributed by atoms with Crippen LogP contribution in [0.4, 0.5) is 10.5 Å². The quantitative estimate of drug-likeness (QED) is 0.333. The van der Waals surface area contributed by atoms with Crippen LogP contribution in [0.2, 0.25) is 0 Å². The van der Waals surface area contributed by atoms with Crippen molar-refractivity contribution in [3.63, 3.8) is 0 Å². The zero-order valence-electron chi connectivity index (χ0n) is 28.1. The molecule has 3 aliphatic rings. The van der Waals surface area contributed by atoms with E-state index < -0.39 is 11.2 Å². The summed E-state index contributed by atoms with van der Waals surface area (Å²) >= 11 is 3.49. The van der Waals surface area contributed by atoms with Crippen LogP contribution < -0.4 is 9.64 Å². The fourth-order valence-corrected chi connectivity index (χ4v) is 6.47. The number of hydrogen-bond donors (Lipinski definition) is 0. The Bertz CT molecular complexity index is 1500. The van der Waals surface area contributed by atoms with E-state index in [0.29, 0.717) is 56.6 Å². The lowest BCUT2D eigenvalue weighted by atomic mass is 9.95. The molecule has 1 saturated carbocycles. The van der Waals surface area contributed by atoms with Crippen LogP contribution in [0, 0.1) is 17.2 Å². The summed E-state index contributed by atoms with van der Waals surface area (Å²) in [5.74, 6) is 0.185. The Balaban J connectivity index is 1.24. The molecule has 2 aromatic rings. The molecule has 0 N–H and O–H groups in total. The molecule has 2 saturated heterocycles. The van der Waals surface area contributed by atoms with Gasteiger partial charge in [-0.2, -0.15) is 5.26 Å². The fourth-order valence-electron chi connectivity index (χ4n) is 6.21. The summed E-state index contributed by atoms with van der Waals surface area (Å²) in [5, 5.41) is 9.89. The molecule has 0 radical (unpaired) electrons. The second-order valence-electron chi connectivity index (χ2n) is 14.3. The molecule has 2 heterocycles. The van der Waals surface area contributed by atoms with Gasteiger partial charge in [-0.25, -0.2) is 4.79 Å². The number of piperazine rings is 1. The molecule has 47 heavy (non-hydrogen) atoms. The number of amides is 3. The first kappa shape index (κ1) is 34.6. The van der Waals surface area contributed by atoms with Crippen LogP contribution in [0.15, 0.2) is 46.9 Å². The van der Waals surface area contributed by atoms with E-state index in [1.807, 2.05) is 45.0 Å². The third-order valence-corrected chi connectivity index (χ3v) is 9.39. The van der Waals surface area contributed by atoms with Crippen LogP contribution in [0.3, 0.4) is 0 Å². The van der Waals surface area contributed by atoms with Crippen molar-refractivity contribution in [2.24, 2.45) is 5.92 Å². The maximum absolute atomic E-state index is 13.9. The topological polar surface area (TPSA) is 106 Å². The number of halogens is 1. The van der Waals surface area contributed by atoms with Gasteiger partial charge < -0.3 is 29.1 Å². The minimum atomic E-state index is -1.25. The first-order valence-electron chi connectivity index (χ1n) is 16.5. The zero-order valence-corrected chi connectivity index (χ0v) is 29.7. The van der Waals surface area contributed by atoms with Crippen LogP contribution in [0.25, 0.3) is 0 Å². The molecule has 252 valence electrons. The first-order valence-corrected chi connectivity index (χ1v) is 17.3. The molecular weight excluding hydrogens is 662 g/mol. The van der Waals surface area contributed by atoms with Crippen molar-refractivity contribution in [2.45, 2.75) is 84.1 Å². The number of benzene rings is 2. The van der Waals surface area contributed by atoms with Gasteiger partial charge in [-0.15, -0.1) is 0 Å². The Morgan fingerprint density at radius 1 is 0.936 bits per heavy atom. The van der Waals surface area contributed by atoms with Gasteiger partial charge in [0.25, 0.3) is 5.91 Å². The highest BCUT2D eigenvalue weighted by atomic mass is 79.9. The van der Waals surface area contributed by atoms with E-state index in [9.17, 15) is 19.6 Å². The largest absolute Gasteiger partial charge is 0.477 e. The maximum atomic E-state index is 13.9. The zero-order chi connectivity index (χ0) is 33.9. The molecule has 0 spiro atoms. The van der Waals surface area contributed by atoms with Crippen LogP contribution in [-0.4, -0.2) is 89.1 Å². The predicted octanol–water partition coefficient (Wildman–Crippen LogP) is 5.97. The normalized spacial score (nSPS) is 18.7. The summed E-state index contributed by atoms with van der Waals surface area (Å²) in [6.07, 6.45) is 3.41. The summed E-state index contributed by atoms with van der Waals surface area (Å²) in [6.45, 7) is 12.3. The molecule has 5 rings (SSSR count). The van der Waals surface area contributed by atoms with Gasteiger partial charge in [0.2, 0.25) is 5.91 Å². The number of carbonyl (C=O) groups is 3. The van der Waals surface area contributed by atoms with Crippen molar-refractivity contribution in [1.82, 2.24) is 14.7 Å². The van der Waals surface area contributed by atoms with E-state index in [4.69, 9.17) is 9.47 Å². The summed E-state index contributed by atoms with van der Waals surface area (Å²) in [7, 11) is 0. The lowest BCUT2D eigenvalue weighted by molar-refractivity contribution is -0.147. The van der Waals surface area contributed by atoms with Gasteiger partial charge in [-0.3, -0.25) is 9.59 Å². The average Bonchev–Trinajstić information content (AvgIpc) is 3.88. The minimum absolute atomic E-state index is 0.128. The number of hydrogen-bond acceptors (Lipinski definition) is 7. The van der Waals surface area contributed by atoms with E-state index in [0.717, 1.165) is 48.0 Å². The highest BCUT2D eigenvalue weighted by Crippen LogP contribution is 2.35. The van der Waals surface area contributed by atoms with Gasteiger partial charge in [0.1, 0.15) is 17.4 Å². The molecule has 1 atom stereocenters. The molecule has 0 bridgehead atoms. The Morgan fingerprint density at radius 3 is 2.21 bits per heavy atom. The van der Waals surface area contributed by atoms with Crippen molar-refractivity contribution in [3.05, 3.63) is 58.1 Å². The average molecular weight is 709 g/mol. The lowest BCUT2D eigenvalue weighted by Gasteiger charge is -2.39. The number of ether oxygens (including phenoxy) is 2. The van der Waals surface area contributed by atoms with Gasteiger partial charge in [-0.05, 0) is 90.1 Å². The molecule has 0 unspecified atom stereocenters. The number of anilines is 1. The van der Waals surface area contributed by atoms with Crippen molar-refractivity contribution in [3.8, 4) is 11.8 Å². The fraction of sp³-hybridized carbons (Fsp3) is 0.556. The SMILES string of the molecule is CC(C)(C)OC(=O)N1CCN(C(=O)C(C)(C)Oc2cc(N3CCC[C@@H](C(=O)N(Cc4ccc(Br)cc4)C4CC4)C3)ccc2C#N)CC1. The summed E-state index contributed by atoms with van der Waals surface area (Å²) in [6, 6.07) is 16.1. The third-order valence-electron chi connectivity index (χ3n) is 8.86. The molecule has 11 heteroatoms. The van der Waals surface area contributed by atoms with E-state index in [-0.39, 0.29) is 23.8 Å². The molecule has 3 fully saturated rings. The highest BCUT2D eigenvalue weighted by molar-refractivity contribution is 9.10. The van der Waals surface area contributed by atoms with Gasteiger partial charge in [-0.1, -0.05) is 28.1 Å². The number of carbonyl (C=O) groups excluding carboxylic acids is 3. The standard InChI is InChI=1S/C36H46BrN5O5/c1-35(2,3)47-34(45)40-19-17-39(18-20-40)33(44)36(4,5)46-31-21-30(13-10-26(31)22-38)41-16-6-7-27(24-41)32(43)42(29-14-15-29)23-25-8-11-28(37)12-9-25/h8-13,21,27,29H,6-7,14-20,23-24H2,1-5H3/t27-/m1/s1. The van der Waals surface area contributed by atoms with Crippen molar-refractivity contribution >= 4 is 39.5 Å². The Morgan fingerprint density at radius 2 is 1.60 bits per heavy atom. The van der Waals surface area contributed by atoms with E-state index in [2.05, 4.69) is 43.9 Å². The van der Waals surface area contributed by atoms with Gasteiger partial charge in [0.15, 0.2) is 5.60 Å². The Kier molecular flexibility index (Phi) is 10.4. The van der Waals surface area contributed by atoms with Crippen molar-refractivity contribution in [2.75, 3.05) is 44.2 Å². The smallest absolute Gasteiger partial charge is 0.410 e. The molecule has 1 aliphatic carbocycles. The Hall–Kier alpha value is -3.78.